The number of carbonyl (C=O) groups excluding carboxylic acids is 1. The molecule has 1 aromatic rings. The molecule has 1 amide bonds. The van der Waals surface area contributed by atoms with Crippen LogP contribution in [-0.2, 0) is 4.79 Å². The third-order valence-electron chi connectivity index (χ3n) is 5.23. The summed E-state index contributed by atoms with van der Waals surface area (Å²) in [4.78, 5) is 19.1. The van der Waals surface area contributed by atoms with E-state index in [1.54, 1.807) is 12.1 Å². The molecule has 0 spiro atoms. The first-order valence-corrected chi connectivity index (χ1v) is 9.98. The Morgan fingerprint density at radius 2 is 2.07 bits per heavy atom. The highest BCUT2D eigenvalue weighted by molar-refractivity contribution is 14.0. The predicted molar refractivity (Wildman–Crippen MR) is 122 cm³/mol. The van der Waals surface area contributed by atoms with Crippen LogP contribution >= 0.6 is 24.0 Å². The fraction of sp³-hybridized carbons (Fsp3) is 0.600. The minimum atomic E-state index is -0.376. The normalized spacial score (nSPS) is 20.6. The molecule has 2 aliphatic rings. The van der Waals surface area contributed by atoms with E-state index in [4.69, 9.17) is 0 Å². The van der Waals surface area contributed by atoms with Crippen LogP contribution in [0.1, 0.15) is 39.0 Å². The van der Waals surface area contributed by atoms with Gasteiger partial charge in [0.2, 0.25) is 5.91 Å². The number of anilines is 1. The summed E-state index contributed by atoms with van der Waals surface area (Å²) in [7, 11) is 0. The number of benzene rings is 1. The van der Waals surface area contributed by atoms with Crippen LogP contribution in [0.3, 0.4) is 0 Å². The quantitative estimate of drug-likeness (QED) is 0.317. The summed E-state index contributed by atoms with van der Waals surface area (Å²) < 4.78 is 13.2. The molecule has 1 aromatic carbocycles. The van der Waals surface area contributed by atoms with E-state index in [0.717, 1.165) is 32.1 Å². The fourth-order valence-electron chi connectivity index (χ4n) is 3.94. The summed E-state index contributed by atoms with van der Waals surface area (Å²) in [5.74, 6) is 0.0151. The van der Waals surface area contributed by atoms with Gasteiger partial charge in [-0.2, -0.15) is 0 Å². The molecule has 28 heavy (non-hydrogen) atoms. The standard InChI is InChI=1S/C20H30FN5O.HI/c1-2-22-20(23-13-19(27)24-16-7-5-6-15(21)12-16)25-17-10-11-26(14-17)18-8-3-4-9-18;/h5-7,12,17-18H,2-4,8-11,13-14H2,1H3,(H,24,27)(H2,22,23,25);1H. The smallest absolute Gasteiger partial charge is 0.246 e. The van der Waals surface area contributed by atoms with E-state index >= 15 is 0 Å². The summed E-state index contributed by atoms with van der Waals surface area (Å²) in [5, 5.41) is 9.33. The van der Waals surface area contributed by atoms with Crippen molar-refractivity contribution in [3.63, 3.8) is 0 Å². The van der Waals surface area contributed by atoms with Crippen LogP contribution in [0.4, 0.5) is 10.1 Å². The first-order valence-electron chi connectivity index (χ1n) is 9.98. The Morgan fingerprint density at radius 3 is 2.79 bits per heavy atom. The van der Waals surface area contributed by atoms with Gasteiger partial charge in [0.1, 0.15) is 12.4 Å². The highest BCUT2D eigenvalue weighted by Crippen LogP contribution is 2.26. The molecule has 1 saturated carbocycles. The number of carbonyl (C=O) groups is 1. The van der Waals surface area contributed by atoms with Gasteiger partial charge < -0.3 is 16.0 Å². The van der Waals surface area contributed by atoms with E-state index in [2.05, 4.69) is 25.8 Å². The van der Waals surface area contributed by atoms with Crippen molar-refractivity contribution in [3.8, 4) is 0 Å². The summed E-state index contributed by atoms with van der Waals surface area (Å²) >= 11 is 0. The van der Waals surface area contributed by atoms with Crippen LogP contribution in [0.25, 0.3) is 0 Å². The lowest BCUT2D eigenvalue weighted by molar-refractivity contribution is -0.114. The van der Waals surface area contributed by atoms with Crippen molar-refractivity contribution in [1.82, 2.24) is 15.5 Å². The van der Waals surface area contributed by atoms with Gasteiger partial charge in [-0.15, -0.1) is 24.0 Å². The van der Waals surface area contributed by atoms with E-state index in [0.29, 0.717) is 17.7 Å². The van der Waals surface area contributed by atoms with Crippen molar-refractivity contribution in [2.45, 2.75) is 51.1 Å². The third kappa shape index (κ3) is 6.88. The molecule has 2 fully saturated rings. The Kier molecular flexibility index (Phi) is 9.43. The average Bonchev–Trinajstić information content (AvgIpc) is 3.31. The lowest BCUT2D eigenvalue weighted by atomic mass is 10.2. The molecule has 1 unspecified atom stereocenters. The Bertz CT molecular complexity index is 666. The number of hydrogen-bond acceptors (Lipinski definition) is 3. The summed E-state index contributed by atoms with van der Waals surface area (Å²) in [6.45, 7) is 4.89. The van der Waals surface area contributed by atoms with Gasteiger partial charge >= 0.3 is 0 Å². The van der Waals surface area contributed by atoms with Gasteiger partial charge in [-0.3, -0.25) is 9.69 Å². The Hall–Kier alpha value is -1.42. The zero-order valence-electron chi connectivity index (χ0n) is 16.4. The molecule has 1 atom stereocenters. The van der Waals surface area contributed by atoms with Gasteiger partial charge in [-0.1, -0.05) is 18.9 Å². The maximum absolute atomic E-state index is 13.2. The minimum absolute atomic E-state index is 0. The monoisotopic (exact) mass is 503 g/mol. The van der Waals surface area contributed by atoms with Crippen molar-refractivity contribution in [3.05, 3.63) is 30.1 Å². The number of nitrogens with one attached hydrogen (secondary N) is 3. The molecule has 8 heteroatoms. The van der Waals surface area contributed by atoms with Gasteiger partial charge in [0.05, 0.1) is 0 Å². The zero-order chi connectivity index (χ0) is 19.1. The molecule has 3 N–H and O–H groups in total. The van der Waals surface area contributed by atoms with Crippen LogP contribution in [0.2, 0.25) is 0 Å². The van der Waals surface area contributed by atoms with Gasteiger partial charge in [0, 0.05) is 37.4 Å². The molecule has 156 valence electrons. The molecule has 1 aliphatic heterocycles. The molecular formula is C20H31FIN5O. The largest absolute Gasteiger partial charge is 0.357 e. The van der Waals surface area contributed by atoms with Crippen molar-refractivity contribution in [1.29, 1.82) is 0 Å². The molecular weight excluding hydrogens is 472 g/mol. The third-order valence-corrected chi connectivity index (χ3v) is 5.23. The molecule has 0 aromatic heterocycles. The maximum Gasteiger partial charge on any atom is 0.246 e. The first-order chi connectivity index (χ1) is 13.1. The van der Waals surface area contributed by atoms with Crippen molar-refractivity contribution >= 4 is 41.5 Å². The molecule has 3 rings (SSSR count). The number of hydrogen-bond donors (Lipinski definition) is 3. The van der Waals surface area contributed by atoms with Crippen molar-refractivity contribution in [2.24, 2.45) is 4.99 Å². The molecule has 6 nitrogen and oxygen atoms in total. The summed E-state index contributed by atoms with van der Waals surface area (Å²) in [6.07, 6.45) is 6.44. The van der Waals surface area contributed by atoms with E-state index in [1.165, 1.54) is 37.8 Å². The number of rotatable bonds is 6. The minimum Gasteiger partial charge on any atom is -0.357 e. The Balaban J connectivity index is 0.00000280. The number of aliphatic imine (C=N–C) groups is 1. The molecule has 0 bridgehead atoms. The van der Waals surface area contributed by atoms with Crippen LogP contribution < -0.4 is 16.0 Å². The second kappa shape index (κ2) is 11.5. The van der Waals surface area contributed by atoms with Gasteiger partial charge in [0.25, 0.3) is 0 Å². The summed E-state index contributed by atoms with van der Waals surface area (Å²) in [6, 6.07) is 6.96. The molecule has 1 saturated heterocycles. The number of amides is 1. The zero-order valence-corrected chi connectivity index (χ0v) is 18.7. The number of halogens is 2. The topological polar surface area (TPSA) is 68.8 Å². The number of likely N-dealkylation sites (tertiary alicyclic amines) is 1. The lowest BCUT2D eigenvalue weighted by Gasteiger charge is -2.24. The second-order valence-corrected chi connectivity index (χ2v) is 7.32. The SMILES string of the molecule is CCNC(=NCC(=O)Nc1cccc(F)c1)NC1CCN(C2CCCC2)C1.I. The van der Waals surface area contributed by atoms with Gasteiger partial charge in [-0.05, 0) is 44.4 Å². The molecule has 1 heterocycles. The van der Waals surface area contributed by atoms with E-state index in [1.807, 2.05) is 6.92 Å². The van der Waals surface area contributed by atoms with Crippen molar-refractivity contribution in [2.75, 3.05) is 31.5 Å². The first kappa shape index (κ1) is 22.9. The second-order valence-electron chi connectivity index (χ2n) is 7.32. The van der Waals surface area contributed by atoms with E-state index in [-0.39, 0.29) is 42.2 Å². The highest BCUT2D eigenvalue weighted by atomic mass is 127. The van der Waals surface area contributed by atoms with Gasteiger partial charge in [0.15, 0.2) is 5.96 Å². The van der Waals surface area contributed by atoms with E-state index < -0.39 is 0 Å². The number of guanidine groups is 1. The average molecular weight is 503 g/mol. The molecule has 1 aliphatic carbocycles. The summed E-state index contributed by atoms with van der Waals surface area (Å²) in [5.41, 5.74) is 0.441. The Labute approximate surface area is 183 Å². The van der Waals surface area contributed by atoms with Crippen LogP contribution in [0.15, 0.2) is 29.3 Å². The maximum atomic E-state index is 13.2. The van der Waals surface area contributed by atoms with Crippen LogP contribution in [-0.4, -0.2) is 55.0 Å². The predicted octanol–water partition coefficient (Wildman–Crippen LogP) is 2.95. The highest BCUT2D eigenvalue weighted by Gasteiger charge is 2.30. The van der Waals surface area contributed by atoms with Gasteiger partial charge in [-0.25, -0.2) is 9.38 Å². The van der Waals surface area contributed by atoms with E-state index in [9.17, 15) is 9.18 Å². The van der Waals surface area contributed by atoms with Crippen LogP contribution in [0.5, 0.6) is 0 Å². The lowest BCUT2D eigenvalue weighted by Crippen LogP contribution is -2.45. The van der Waals surface area contributed by atoms with Crippen molar-refractivity contribution < 1.29 is 9.18 Å². The molecule has 0 radical (unpaired) electrons. The number of nitrogens with zero attached hydrogens (tertiary/aromatic N) is 2. The van der Waals surface area contributed by atoms with Crippen LogP contribution in [0, 0.1) is 5.82 Å². The Morgan fingerprint density at radius 1 is 1.29 bits per heavy atom. The fourth-order valence-corrected chi connectivity index (χ4v) is 3.94.